The van der Waals surface area contributed by atoms with E-state index in [1.807, 2.05) is 36.5 Å². The molecule has 4 nitrogen and oxygen atoms in total. The third kappa shape index (κ3) is 5.84. The second-order valence-corrected chi connectivity index (χ2v) is 3.89. The van der Waals surface area contributed by atoms with Gasteiger partial charge in [-0.3, -0.25) is 4.79 Å². The van der Waals surface area contributed by atoms with Crippen molar-refractivity contribution in [1.82, 2.24) is 4.98 Å². The molecule has 0 spiro atoms. The van der Waals surface area contributed by atoms with E-state index in [-0.39, 0.29) is 5.92 Å². The van der Waals surface area contributed by atoms with Crippen molar-refractivity contribution in [3.63, 3.8) is 0 Å². The highest BCUT2D eigenvalue weighted by Crippen LogP contribution is 2.05. The van der Waals surface area contributed by atoms with Crippen LogP contribution in [0.4, 0.5) is 0 Å². The van der Waals surface area contributed by atoms with Crippen molar-refractivity contribution in [1.29, 1.82) is 0 Å². The van der Waals surface area contributed by atoms with Crippen LogP contribution in [0.3, 0.4) is 0 Å². The van der Waals surface area contributed by atoms with Crippen molar-refractivity contribution in [2.45, 2.75) is 19.8 Å². The first-order valence-corrected chi connectivity index (χ1v) is 5.81. The summed E-state index contributed by atoms with van der Waals surface area (Å²) in [5, 5.41) is 8.68. The number of carbonyl (C=O) groups is 1. The Morgan fingerprint density at radius 2 is 2.22 bits per heavy atom. The predicted octanol–water partition coefficient (Wildman–Crippen LogP) is 3.30. The van der Waals surface area contributed by atoms with Crippen LogP contribution in [-0.4, -0.2) is 16.1 Å². The molecular weight excluding hydrogens is 230 g/mol. The van der Waals surface area contributed by atoms with Crippen molar-refractivity contribution in [2.24, 2.45) is 5.92 Å². The van der Waals surface area contributed by atoms with Crippen molar-refractivity contribution in [2.75, 3.05) is 0 Å². The first-order valence-electron chi connectivity index (χ1n) is 5.81. The number of aromatic nitrogens is 1. The van der Waals surface area contributed by atoms with Gasteiger partial charge in [0.25, 0.3) is 0 Å². The number of nitrogens with zero attached hydrogens (tertiary/aromatic N) is 1. The molecule has 4 heteroatoms. The summed E-state index contributed by atoms with van der Waals surface area (Å²) in [7, 11) is 0. The van der Waals surface area contributed by atoms with Gasteiger partial charge in [0.2, 0.25) is 0 Å². The first-order chi connectivity index (χ1) is 8.70. The van der Waals surface area contributed by atoms with Crippen LogP contribution in [-0.2, 0) is 4.79 Å². The zero-order valence-corrected chi connectivity index (χ0v) is 10.3. The molecule has 1 aromatic heterocycles. The van der Waals surface area contributed by atoms with Crippen LogP contribution in [0, 0.1) is 5.92 Å². The van der Waals surface area contributed by atoms with Crippen LogP contribution < -0.4 is 0 Å². The standard InChI is InChI=1S/C14H17NO3/c1-12(14(16)17)8-6-4-2-3-5-7-9-13-10-15-11-18-13/h2-5,7,9-12H,6,8H2,1H3,(H,16,17)/b4-2+,5-3+,9-7+/t12-/m0/s1. The molecule has 1 aromatic rings. The predicted molar refractivity (Wildman–Crippen MR) is 69.9 cm³/mol. The molecule has 18 heavy (non-hydrogen) atoms. The van der Waals surface area contributed by atoms with E-state index in [1.165, 1.54) is 6.39 Å². The molecule has 0 aliphatic carbocycles. The first kappa shape index (κ1) is 14.0. The number of carboxylic acid groups (broad SMARTS) is 1. The summed E-state index contributed by atoms with van der Waals surface area (Å²) in [5.74, 6) is -0.321. The molecule has 0 radical (unpaired) electrons. The van der Waals surface area contributed by atoms with Crippen molar-refractivity contribution >= 4 is 12.0 Å². The number of hydrogen-bond donors (Lipinski definition) is 1. The highest BCUT2D eigenvalue weighted by atomic mass is 16.4. The third-order valence-corrected chi connectivity index (χ3v) is 2.37. The van der Waals surface area contributed by atoms with Crippen LogP contribution in [0.15, 0.2) is 47.4 Å². The van der Waals surface area contributed by atoms with Crippen LogP contribution in [0.2, 0.25) is 0 Å². The monoisotopic (exact) mass is 247 g/mol. The van der Waals surface area contributed by atoms with E-state index in [4.69, 9.17) is 9.52 Å². The fourth-order valence-corrected chi connectivity index (χ4v) is 1.23. The number of aliphatic carboxylic acids is 1. The molecular formula is C14H17NO3. The summed E-state index contributed by atoms with van der Waals surface area (Å²) in [6.45, 7) is 1.71. The smallest absolute Gasteiger partial charge is 0.306 e. The highest BCUT2D eigenvalue weighted by Gasteiger charge is 2.08. The lowest BCUT2D eigenvalue weighted by Gasteiger charge is -2.01. The Bertz CT molecular complexity index is 430. The Morgan fingerprint density at radius 1 is 1.44 bits per heavy atom. The average Bonchev–Trinajstić information content (AvgIpc) is 2.85. The lowest BCUT2D eigenvalue weighted by molar-refractivity contribution is -0.141. The third-order valence-electron chi connectivity index (χ3n) is 2.37. The van der Waals surface area contributed by atoms with Gasteiger partial charge in [0, 0.05) is 0 Å². The van der Waals surface area contributed by atoms with Crippen LogP contribution in [0.25, 0.3) is 6.08 Å². The van der Waals surface area contributed by atoms with E-state index in [0.717, 1.165) is 6.42 Å². The molecule has 0 aromatic carbocycles. The zero-order chi connectivity index (χ0) is 13.2. The molecule has 0 unspecified atom stereocenters. The fourth-order valence-electron chi connectivity index (χ4n) is 1.23. The molecule has 0 aliphatic heterocycles. The molecule has 96 valence electrons. The molecule has 1 heterocycles. The van der Waals surface area contributed by atoms with Gasteiger partial charge in [0.1, 0.15) is 5.76 Å². The van der Waals surface area contributed by atoms with Crippen molar-refractivity contribution in [3.05, 3.63) is 48.7 Å². The summed E-state index contributed by atoms with van der Waals surface area (Å²) in [5.41, 5.74) is 0. The molecule has 1 atom stereocenters. The second kappa shape index (κ2) is 8.06. The molecule has 1 rings (SSSR count). The lowest BCUT2D eigenvalue weighted by atomic mass is 10.1. The summed E-state index contributed by atoms with van der Waals surface area (Å²) < 4.78 is 5.02. The minimum atomic E-state index is -0.742. The van der Waals surface area contributed by atoms with Crippen molar-refractivity contribution < 1.29 is 14.3 Å². The normalized spacial score (nSPS) is 13.8. The van der Waals surface area contributed by atoms with E-state index >= 15 is 0 Å². The topological polar surface area (TPSA) is 63.3 Å². The highest BCUT2D eigenvalue weighted by molar-refractivity contribution is 5.69. The van der Waals surface area contributed by atoms with Gasteiger partial charge in [0.15, 0.2) is 6.39 Å². The Kier molecular flexibility index (Phi) is 6.25. The molecule has 0 amide bonds. The van der Waals surface area contributed by atoms with Gasteiger partial charge in [0.05, 0.1) is 12.1 Å². The number of oxazole rings is 1. The minimum absolute atomic E-state index is 0.287. The average molecular weight is 247 g/mol. The van der Waals surface area contributed by atoms with E-state index in [1.54, 1.807) is 13.1 Å². The molecule has 0 bridgehead atoms. The van der Waals surface area contributed by atoms with E-state index in [2.05, 4.69) is 4.98 Å². The summed E-state index contributed by atoms with van der Waals surface area (Å²) in [6.07, 6.45) is 15.7. The van der Waals surface area contributed by atoms with E-state index in [9.17, 15) is 4.79 Å². The van der Waals surface area contributed by atoms with E-state index in [0.29, 0.717) is 12.2 Å². The van der Waals surface area contributed by atoms with Gasteiger partial charge in [-0.25, -0.2) is 4.98 Å². The van der Waals surface area contributed by atoms with Gasteiger partial charge < -0.3 is 9.52 Å². The Morgan fingerprint density at radius 3 is 2.89 bits per heavy atom. The number of carboxylic acids is 1. The molecule has 1 N–H and O–H groups in total. The van der Waals surface area contributed by atoms with Gasteiger partial charge >= 0.3 is 5.97 Å². The molecule has 0 fully saturated rings. The lowest BCUT2D eigenvalue weighted by Crippen LogP contribution is -2.08. The van der Waals surface area contributed by atoms with Gasteiger partial charge in [-0.2, -0.15) is 0 Å². The summed E-state index contributed by atoms with van der Waals surface area (Å²) in [6, 6.07) is 0. The number of rotatable bonds is 7. The zero-order valence-electron chi connectivity index (χ0n) is 10.3. The van der Waals surface area contributed by atoms with Crippen molar-refractivity contribution in [3.8, 4) is 0 Å². The summed E-state index contributed by atoms with van der Waals surface area (Å²) >= 11 is 0. The fraction of sp³-hybridized carbons (Fsp3) is 0.286. The minimum Gasteiger partial charge on any atom is -0.481 e. The Balaban J connectivity index is 2.18. The maximum atomic E-state index is 10.6. The maximum Gasteiger partial charge on any atom is 0.306 e. The van der Waals surface area contributed by atoms with Crippen LogP contribution in [0.1, 0.15) is 25.5 Å². The SMILES string of the molecule is C[C@@H](CC/C=C/C=C/C=C/c1cnco1)C(=O)O. The largest absolute Gasteiger partial charge is 0.481 e. The summed E-state index contributed by atoms with van der Waals surface area (Å²) in [4.78, 5) is 14.3. The van der Waals surface area contributed by atoms with Crippen LogP contribution in [0.5, 0.6) is 0 Å². The number of allylic oxidation sites excluding steroid dienone is 5. The Labute approximate surface area is 106 Å². The van der Waals surface area contributed by atoms with E-state index < -0.39 is 5.97 Å². The number of hydrogen-bond acceptors (Lipinski definition) is 3. The second-order valence-electron chi connectivity index (χ2n) is 3.89. The Hall–Kier alpha value is -2.10. The van der Waals surface area contributed by atoms with Gasteiger partial charge in [-0.15, -0.1) is 0 Å². The van der Waals surface area contributed by atoms with Gasteiger partial charge in [-0.05, 0) is 18.9 Å². The maximum absolute atomic E-state index is 10.6. The quantitative estimate of drug-likeness (QED) is 0.751. The molecule has 0 saturated heterocycles. The van der Waals surface area contributed by atoms with Gasteiger partial charge in [-0.1, -0.05) is 37.3 Å². The molecule has 0 aliphatic rings. The molecule has 0 saturated carbocycles. The van der Waals surface area contributed by atoms with Crippen LogP contribution >= 0.6 is 0 Å².